The van der Waals surface area contributed by atoms with E-state index >= 15 is 0 Å². The number of benzene rings is 1. The van der Waals surface area contributed by atoms with Crippen LogP contribution in [0.1, 0.15) is 18.5 Å². The number of fused-ring (bicyclic) bond motifs is 2. The highest BCUT2D eigenvalue weighted by atomic mass is 32.2. The van der Waals surface area contributed by atoms with Crippen LogP contribution in [0, 0.1) is 0 Å². The van der Waals surface area contributed by atoms with Crippen LogP contribution in [0.2, 0.25) is 0 Å². The number of hydrogen-bond donors (Lipinski definition) is 0. The van der Waals surface area contributed by atoms with Crippen molar-refractivity contribution < 1.29 is 13.2 Å². The molecule has 2 aromatic rings. The molecule has 1 unspecified atom stereocenters. The quantitative estimate of drug-likeness (QED) is 0.833. The first kappa shape index (κ1) is 15.3. The fourth-order valence-corrected chi connectivity index (χ4v) is 5.26. The van der Waals surface area contributed by atoms with Crippen LogP contribution in [-0.2, 0) is 21.4 Å². The van der Waals surface area contributed by atoms with Gasteiger partial charge in [0.2, 0.25) is 15.9 Å². The molecule has 0 radical (unpaired) electrons. The minimum absolute atomic E-state index is 0.174. The number of sulfonamides is 1. The molecule has 0 aliphatic carbocycles. The second-order valence-electron chi connectivity index (χ2n) is 5.99. The van der Waals surface area contributed by atoms with Crippen molar-refractivity contribution in [3.05, 3.63) is 54.4 Å². The summed E-state index contributed by atoms with van der Waals surface area (Å²) in [5, 5.41) is 0. The van der Waals surface area contributed by atoms with Gasteiger partial charge in [0.15, 0.2) is 0 Å². The van der Waals surface area contributed by atoms with Gasteiger partial charge in [-0.1, -0.05) is 18.2 Å². The Hall–Kier alpha value is -2.25. The van der Waals surface area contributed by atoms with Gasteiger partial charge in [0.05, 0.1) is 17.9 Å². The smallest absolute Gasteiger partial charge is 0.245 e. The van der Waals surface area contributed by atoms with E-state index in [0.29, 0.717) is 25.1 Å². The van der Waals surface area contributed by atoms with E-state index in [1.54, 1.807) is 35.4 Å². The van der Waals surface area contributed by atoms with Crippen LogP contribution in [0.25, 0.3) is 0 Å². The summed E-state index contributed by atoms with van der Waals surface area (Å²) >= 11 is 0. The summed E-state index contributed by atoms with van der Waals surface area (Å²) in [4.78, 5) is 19.1. The van der Waals surface area contributed by atoms with Crippen molar-refractivity contribution in [1.82, 2.24) is 9.29 Å². The number of carbonyl (C=O) groups excluding carboxylic acids is 1. The van der Waals surface area contributed by atoms with Gasteiger partial charge < -0.3 is 4.90 Å². The fourth-order valence-electron chi connectivity index (χ4n) is 3.41. The minimum atomic E-state index is -3.66. The highest BCUT2D eigenvalue weighted by Gasteiger charge is 2.46. The van der Waals surface area contributed by atoms with Gasteiger partial charge in [0.1, 0.15) is 10.9 Å². The Morgan fingerprint density at radius 1 is 1.12 bits per heavy atom. The summed E-state index contributed by atoms with van der Waals surface area (Å²) in [5.41, 5.74) is 1.16. The first-order chi connectivity index (χ1) is 11.6. The van der Waals surface area contributed by atoms with Crippen LogP contribution >= 0.6 is 0 Å². The van der Waals surface area contributed by atoms with Crippen LogP contribution in [0.15, 0.2) is 53.6 Å². The predicted molar refractivity (Wildman–Crippen MR) is 88.8 cm³/mol. The number of aromatic nitrogens is 1. The number of amides is 1. The van der Waals surface area contributed by atoms with E-state index in [4.69, 9.17) is 0 Å². The monoisotopic (exact) mass is 343 g/mol. The maximum absolute atomic E-state index is 13.1. The Morgan fingerprint density at radius 3 is 2.71 bits per heavy atom. The van der Waals surface area contributed by atoms with Crippen molar-refractivity contribution >= 4 is 21.6 Å². The molecule has 1 aromatic heterocycles. The van der Waals surface area contributed by atoms with Crippen molar-refractivity contribution in [3.63, 3.8) is 0 Å². The number of carbonyl (C=O) groups is 1. The predicted octanol–water partition coefficient (Wildman–Crippen LogP) is 1.78. The average molecular weight is 343 g/mol. The van der Waals surface area contributed by atoms with Gasteiger partial charge in [-0.2, -0.15) is 4.31 Å². The van der Waals surface area contributed by atoms with Gasteiger partial charge in [-0.05, 0) is 37.1 Å². The number of pyridine rings is 1. The summed E-state index contributed by atoms with van der Waals surface area (Å²) < 4.78 is 27.3. The number of para-hydroxylation sites is 1. The number of rotatable bonds is 2. The topological polar surface area (TPSA) is 70.6 Å². The molecule has 124 valence electrons. The lowest BCUT2D eigenvalue weighted by molar-refractivity contribution is -0.121. The van der Waals surface area contributed by atoms with Crippen LogP contribution in [0.4, 0.5) is 5.69 Å². The second-order valence-corrected chi connectivity index (χ2v) is 7.85. The van der Waals surface area contributed by atoms with Gasteiger partial charge in [-0.15, -0.1) is 0 Å². The molecule has 1 fully saturated rings. The molecule has 3 heterocycles. The molecule has 24 heavy (non-hydrogen) atoms. The summed E-state index contributed by atoms with van der Waals surface area (Å²) in [6, 6.07) is 11.6. The van der Waals surface area contributed by atoms with Crippen LogP contribution in [-0.4, -0.2) is 36.2 Å². The van der Waals surface area contributed by atoms with Gasteiger partial charge in [-0.3, -0.25) is 9.78 Å². The van der Waals surface area contributed by atoms with E-state index in [-0.39, 0.29) is 17.3 Å². The van der Waals surface area contributed by atoms with Crippen LogP contribution in [0.3, 0.4) is 0 Å². The lowest BCUT2D eigenvalue weighted by atomic mass is 10.1. The Morgan fingerprint density at radius 2 is 1.92 bits per heavy atom. The highest BCUT2D eigenvalue weighted by Crippen LogP contribution is 2.37. The minimum Gasteiger partial charge on any atom is -0.304 e. The zero-order valence-electron chi connectivity index (χ0n) is 13.0. The Labute approximate surface area is 140 Å². The highest BCUT2D eigenvalue weighted by molar-refractivity contribution is 7.89. The molecule has 4 rings (SSSR count). The van der Waals surface area contributed by atoms with Gasteiger partial charge >= 0.3 is 0 Å². The third-order valence-electron chi connectivity index (χ3n) is 4.54. The maximum atomic E-state index is 13.1. The zero-order chi connectivity index (χ0) is 16.7. The molecule has 1 atom stereocenters. The number of nitrogens with zero attached hydrogens (tertiary/aromatic N) is 3. The SMILES string of the molecule is O=C1C2CCCN2S(=O)(=O)c2ccccc2N1Cc1ccccn1. The first-order valence-corrected chi connectivity index (χ1v) is 9.35. The van der Waals surface area contributed by atoms with E-state index in [9.17, 15) is 13.2 Å². The molecule has 2 aliphatic heterocycles. The normalized spacial score (nSPS) is 22.8. The molecule has 1 saturated heterocycles. The van der Waals surface area contributed by atoms with Crippen LogP contribution < -0.4 is 4.90 Å². The summed E-state index contributed by atoms with van der Waals surface area (Å²) in [6.45, 7) is 0.654. The first-order valence-electron chi connectivity index (χ1n) is 7.91. The van der Waals surface area contributed by atoms with Gasteiger partial charge in [-0.25, -0.2) is 8.42 Å². The van der Waals surface area contributed by atoms with Crippen molar-refractivity contribution in [2.75, 3.05) is 11.4 Å². The van der Waals surface area contributed by atoms with E-state index in [2.05, 4.69) is 4.98 Å². The van der Waals surface area contributed by atoms with E-state index < -0.39 is 16.1 Å². The zero-order valence-corrected chi connectivity index (χ0v) is 13.8. The molecule has 0 spiro atoms. The molecule has 1 amide bonds. The molecule has 1 aromatic carbocycles. The van der Waals surface area contributed by atoms with Crippen molar-refractivity contribution in [1.29, 1.82) is 0 Å². The largest absolute Gasteiger partial charge is 0.304 e. The molecule has 0 N–H and O–H groups in total. The summed E-state index contributed by atoms with van der Waals surface area (Å²) in [7, 11) is -3.66. The molecule has 0 saturated carbocycles. The van der Waals surface area contributed by atoms with E-state index in [1.165, 1.54) is 4.31 Å². The molecule has 6 nitrogen and oxygen atoms in total. The average Bonchev–Trinajstić information content (AvgIpc) is 3.08. The molecular weight excluding hydrogens is 326 g/mol. The van der Waals surface area contributed by atoms with Crippen LogP contribution in [0.5, 0.6) is 0 Å². The van der Waals surface area contributed by atoms with Gasteiger partial charge in [0.25, 0.3) is 0 Å². The van der Waals surface area contributed by atoms with Crippen molar-refractivity contribution in [2.24, 2.45) is 0 Å². The third-order valence-corrected chi connectivity index (χ3v) is 6.50. The second kappa shape index (κ2) is 5.68. The Bertz CT molecular complexity index is 883. The molecule has 0 bridgehead atoms. The van der Waals surface area contributed by atoms with E-state index in [1.807, 2.05) is 18.2 Å². The number of anilines is 1. The van der Waals surface area contributed by atoms with E-state index in [0.717, 1.165) is 5.69 Å². The fraction of sp³-hybridized carbons (Fsp3) is 0.294. The summed E-state index contributed by atoms with van der Waals surface area (Å²) in [5.74, 6) is -0.174. The lowest BCUT2D eigenvalue weighted by Gasteiger charge is -2.24. The molecule has 7 heteroatoms. The number of hydrogen-bond acceptors (Lipinski definition) is 4. The van der Waals surface area contributed by atoms with Crippen molar-refractivity contribution in [2.45, 2.75) is 30.3 Å². The van der Waals surface area contributed by atoms with Gasteiger partial charge in [0, 0.05) is 12.7 Å². The lowest BCUT2D eigenvalue weighted by Crippen LogP contribution is -2.44. The summed E-state index contributed by atoms with van der Waals surface area (Å²) in [6.07, 6.45) is 2.93. The maximum Gasteiger partial charge on any atom is 0.245 e. The van der Waals surface area contributed by atoms with Crippen molar-refractivity contribution in [3.8, 4) is 0 Å². The molecular formula is C17H17N3O3S. The third kappa shape index (κ3) is 2.32. The standard InChI is InChI=1S/C17H17N3O3S/c21-17-15-8-5-11-20(15)24(22,23)16-9-2-1-7-14(16)19(17)12-13-6-3-4-10-18-13/h1-4,6-7,9-10,15H,5,8,11-12H2. The Balaban J connectivity index is 1.87. The molecule has 2 aliphatic rings. The Kier molecular flexibility index (Phi) is 3.62.